The van der Waals surface area contributed by atoms with Gasteiger partial charge in [-0.15, -0.1) is 11.8 Å². The average Bonchev–Trinajstić information content (AvgIpc) is 3.82. The first-order chi connectivity index (χ1) is 35.3. The van der Waals surface area contributed by atoms with Gasteiger partial charge >= 0.3 is 23.9 Å². The molecule has 3 aliphatic rings. The Balaban J connectivity index is 1.98. The molecule has 2 saturated carbocycles. The van der Waals surface area contributed by atoms with Crippen LogP contribution in [0.25, 0.3) is 6.08 Å². The molecule has 0 radical (unpaired) electrons. The first-order valence-electron chi connectivity index (χ1n) is 27.9. The van der Waals surface area contributed by atoms with Crippen LogP contribution in [0.3, 0.4) is 0 Å². The summed E-state index contributed by atoms with van der Waals surface area (Å²) in [7, 11) is 0. The molecule has 0 spiro atoms. The van der Waals surface area contributed by atoms with Gasteiger partial charge in [-0.2, -0.15) is 11.8 Å². The van der Waals surface area contributed by atoms with Crippen molar-refractivity contribution in [1.82, 2.24) is 10.3 Å². The van der Waals surface area contributed by atoms with Crippen LogP contribution in [0.1, 0.15) is 205 Å². The van der Waals surface area contributed by atoms with Gasteiger partial charge in [0.15, 0.2) is 0 Å². The third-order valence-corrected chi connectivity index (χ3v) is 17.7. The van der Waals surface area contributed by atoms with E-state index in [2.05, 4.69) is 119 Å². The van der Waals surface area contributed by atoms with E-state index < -0.39 is 47.2 Å². The molecule has 14 nitrogen and oxygen atoms in total. The number of aromatic nitrogens is 1. The van der Waals surface area contributed by atoms with E-state index in [9.17, 15) is 24.3 Å². The Hall–Kier alpha value is -4.31. The molecule has 5 unspecified atom stereocenters. The van der Waals surface area contributed by atoms with Crippen molar-refractivity contribution < 1.29 is 48.1 Å². The van der Waals surface area contributed by atoms with E-state index in [-0.39, 0.29) is 110 Å². The zero-order valence-corrected chi connectivity index (χ0v) is 52.0. The lowest BCUT2D eigenvalue weighted by molar-refractivity contribution is -0.164. The van der Waals surface area contributed by atoms with Gasteiger partial charge in [-0.3, -0.25) is 14.4 Å². The van der Waals surface area contributed by atoms with E-state index in [1.165, 1.54) is 11.8 Å². The van der Waals surface area contributed by atoms with Crippen molar-refractivity contribution in [3.05, 3.63) is 45.8 Å². The number of thioether (sulfide) groups is 2. The van der Waals surface area contributed by atoms with Crippen LogP contribution < -0.4 is 10.6 Å². The lowest BCUT2D eigenvalue weighted by Gasteiger charge is -2.50. The monoisotopic (exact) mass is 1110 g/mol. The van der Waals surface area contributed by atoms with Crippen LogP contribution >= 0.6 is 23.5 Å². The van der Waals surface area contributed by atoms with Gasteiger partial charge in [0, 0.05) is 52.9 Å². The average molecular weight is 1110 g/mol. The normalized spacial score (nSPS) is 24.4. The number of hydrogen-bond acceptors (Lipinski definition) is 12. The van der Waals surface area contributed by atoms with E-state index in [4.69, 9.17) is 19.2 Å². The minimum absolute atomic E-state index is 0.0179. The molecule has 2 aliphatic carbocycles. The number of amides is 2. The van der Waals surface area contributed by atoms with Crippen molar-refractivity contribution in [3.63, 3.8) is 0 Å². The van der Waals surface area contributed by atoms with Crippen LogP contribution in [0.4, 0.5) is 5.82 Å². The Labute approximate surface area is 470 Å². The minimum atomic E-state index is -0.913. The van der Waals surface area contributed by atoms with E-state index >= 15 is 9.59 Å². The number of carboxylic acid groups (broad SMARTS) is 1. The number of aromatic amines is 1. The maximum Gasteiger partial charge on any atom is 0.342 e. The van der Waals surface area contributed by atoms with Gasteiger partial charge in [0.2, 0.25) is 11.8 Å². The third-order valence-electron chi connectivity index (χ3n) is 15.7. The highest BCUT2D eigenvalue weighted by molar-refractivity contribution is 8.00. The molecule has 2 heterocycles. The Morgan fingerprint density at radius 2 is 1.19 bits per heavy atom. The van der Waals surface area contributed by atoms with Crippen molar-refractivity contribution in [3.8, 4) is 0 Å². The molecule has 0 aromatic carbocycles. The molecule has 5 atom stereocenters. The van der Waals surface area contributed by atoms with Crippen molar-refractivity contribution in [2.75, 3.05) is 22.8 Å². The first kappa shape index (κ1) is 65.2. The molecule has 0 bridgehead atoms. The van der Waals surface area contributed by atoms with E-state index in [1.54, 1.807) is 19.9 Å². The molecular weight excluding hydrogens is 1010 g/mol. The number of esters is 3. The predicted molar refractivity (Wildman–Crippen MR) is 314 cm³/mol. The number of aliphatic carboxylic acids is 1. The van der Waals surface area contributed by atoms with Crippen LogP contribution in [0.2, 0.25) is 0 Å². The molecule has 2 fully saturated rings. The van der Waals surface area contributed by atoms with E-state index in [0.717, 1.165) is 37.4 Å². The summed E-state index contributed by atoms with van der Waals surface area (Å²) >= 11 is 2.46. The minimum Gasteiger partial charge on any atom is -0.481 e. The maximum atomic E-state index is 15.4. The van der Waals surface area contributed by atoms with Gasteiger partial charge in [-0.25, -0.2) is 19.4 Å². The Morgan fingerprint density at radius 3 is 1.62 bits per heavy atom. The fourth-order valence-electron chi connectivity index (χ4n) is 11.5. The van der Waals surface area contributed by atoms with Crippen LogP contribution in [0.5, 0.6) is 0 Å². The molecule has 432 valence electrons. The second-order valence-corrected chi connectivity index (χ2v) is 29.8. The summed E-state index contributed by atoms with van der Waals surface area (Å²) in [5, 5.41) is 14.4. The number of amidine groups is 1. The maximum absolute atomic E-state index is 15.4. The van der Waals surface area contributed by atoms with E-state index in [1.807, 2.05) is 27.7 Å². The third kappa shape index (κ3) is 17.3. The molecule has 1 aliphatic heterocycles. The van der Waals surface area contributed by atoms with Crippen LogP contribution in [0, 0.1) is 63.1 Å². The number of ether oxygens (including phenoxy) is 3. The van der Waals surface area contributed by atoms with Gasteiger partial charge in [-0.05, 0) is 102 Å². The molecule has 0 saturated heterocycles. The number of anilines is 1. The Kier molecular flexibility index (Phi) is 22.3. The summed E-state index contributed by atoms with van der Waals surface area (Å²) in [4.78, 5) is 90.6. The fourth-order valence-corrected chi connectivity index (χ4v) is 13.0. The molecule has 77 heavy (non-hydrogen) atoms. The summed E-state index contributed by atoms with van der Waals surface area (Å²) in [6.07, 6.45) is 4.46. The summed E-state index contributed by atoms with van der Waals surface area (Å²) in [6, 6.07) is 0. The number of H-pyrrole nitrogens is 1. The summed E-state index contributed by atoms with van der Waals surface area (Å²) in [5.74, 6) is -2.38. The lowest BCUT2D eigenvalue weighted by atomic mass is 9.59. The van der Waals surface area contributed by atoms with Gasteiger partial charge in [0.05, 0.1) is 17.4 Å². The molecule has 4 rings (SSSR count). The standard InChI is InChI=1S/C61H96N4O10S2/c1-32(2)46-42(62-52(64-44(66)22-24-76-25-23-45(67)68)48(46)56(71)74-50-38(58(10,11)12)26-35(7)27-39(50)59(13,14)15)30-43-47(33(3)4)49(53(63-43)65-54(69)37(9)77-31-73-55(70)34(5)6)57(72)75-51-40(60(16,17)18)28-36(8)29-41(51)61(19,20)21/h30,32-33,35-41,50-51,62H,5,22-29,31H2,1-4,6-21H3,(H,64,66)(H,67,68)(H,63,65,69). The number of nitrogens with one attached hydrogen (secondary N) is 3. The van der Waals surface area contributed by atoms with Crippen molar-refractivity contribution in [2.24, 2.45) is 68.1 Å². The number of allylic oxidation sites excluding steroid dienone is 1. The molecule has 16 heteroatoms. The SMILES string of the molecule is C=C(C)C(=O)OCSC(C)C(=O)NC1=NC(=Cc2[nH]c(NC(=O)CCSCCC(=O)O)c(C(=O)OC3C(C(C)(C)C)CC(C)CC3C(C)(C)C)c2C(C)C)C(C(C)C)=C1C(=O)OC1C(C(C)(C)C)CC(C)CC1C(C)(C)C. The molecule has 4 N–H and O–H groups in total. The zero-order valence-electron chi connectivity index (χ0n) is 50.4. The topological polar surface area (TPSA) is 203 Å². The summed E-state index contributed by atoms with van der Waals surface area (Å²) in [5.41, 5.74) is 1.68. The Morgan fingerprint density at radius 1 is 0.727 bits per heavy atom. The van der Waals surface area contributed by atoms with Gasteiger partial charge in [0.25, 0.3) is 0 Å². The highest BCUT2D eigenvalue weighted by atomic mass is 32.2. The number of rotatable bonds is 19. The van der Waals surface area contributed by atoms with Crippen LogP contribution in [0.15, 0.2) is 34.0 Å². The number of aliphatic imine (C=N–C) groups is 1. The van der Waals surface area contributed by atoms with Gasteiger partial charge < -0.3 is 34.9 Å². The number of carbonyl (C=O) groups excluding carboxylic acids is 5. The van der Waals surface area contributed by atoms with E-state index in [0.29, 0.717) is 45.9 Å². The lowest BCUT2D eigenvalue weighted by Crippen LogP contribution is -2.50. The molecule has 1 aromatic rings. The highest BCUT2D eigenvalue weighted by Crippen LogP contribution is 2.52. The van der Waals surface area contributed by atoms with Crippen molar-refractivity contribution in [2.45, 2.75) is 200 Å². The Bertz CT molecular complexity index is 2390. The second kappa shape index (κ2) is 26.3. The number of carbonyl (C=O) groups is 6. The molecule has 1 aromatic heterocycles. The molecule has 2 amide bonds. The van der Waals surface area contributed by atoms with Crippen molar-refractivity contribution in [1.29, 1.82) is 0 Å². The molecular formula is C61H96N4O10S2. The van der Waals surface area contributed by atoms with Crippen LogP contribution in [-0.2, 0) is 38.2 Å². The largest absolute Gasteiger partial charge is 0.481 e. The predicted octanol–water partition coefficient (Wildman–Crippen LogP) is 13.6. The highest BCUT2D eigenvalue weighted by Gasteiger charge is 2.51. The summed E-state index contributed by atoms with van der Waals surface area (Å²) < 4.78 is 19.0. The second-order valence-electron chi connectivity index (χ2n) is 27.3. The number of hydrogen-bond donors (Lipinski definition) is 4. The summed E-state index contributed by atoms with van der Waals surface area (Å²) in [6.45, 7) is 45.6. The zero-order chi connectivity index (χ0) is 58.4. The quantitative estimate of drug-likeness (QED) is 0.0336. The van der Waals surface area contributed by atoms with Gasteiger partial charge in [-0.1, -0.05) is 131 Å². The first-order valence-corrected chi connectivity index (χ1v) is 30.1. The number of nitrogens with zero attached hydrogens (tertiary/aromatic N) is 1. The number of carboxylic acids is 1. The fraction of sp³-hybridized carbons (Fsp3) is 0.721. The van der Waals surface area contributed by atoms with Crippen LogP contribution in [-0.4, -0.2) is 86.5 Å². The van der Waals surface area contributed by atoms with Crippen molar-refractivity contribution >= 4 is 76.9 Å². The van der Waals surface area contributed by atoms with Gasteiger partial charge in [0.1, 0.15) is 40.9 Å². The smallest absolute Gasteiger partial charge is 0.342 e.